The molecule has 1 aromatic rings. The van der Waals surface area contributed by atoms with Crippen LogP contribution in [0, 0.1) is 52.3 Å². The van der Waals surface area contributed by atoms with E-state index in [0.29, 0.717) is 23.8 Å². The van der Waals surface area contributed by atoms with Gasteiger partial charge in [-0.3, -0.25) is 4.79 Å². The summed E-state index contributed by atoms with van der Waals surface area (Å²) in [5.41, 5.74) is -0.329. The number of sulfonamides is 1. The lowest BCUT2D eigenvalue weighted by atomic mass is 9.42. The molecule has 0 radical (unpaired) electrons. The Hall–Kier alpha value is -1.57. The van der Waals surface area contributed by atoms with Crippen molar-refractivity contribution in [2.75, 3.05) is 0 Å². The average molecular weight is 596 g/mol. The van der Waals surface area contributed by atoms with Crippen molar-refractivity contribution in [3.8, 4) is 0 Å². The first-order valence-electron chi connectivity index (χ1n) is 15.9. The van der Waals surface area contributed by atoms with Crippen molar-refractivity contribution in [2.24, 2.45) is 52.3 Å². The van der Waals surface area contributed by atoms with E-state index < -0.39 is 32.6 Å². The van der Waals surface area contributed by atoms with Crippen molar-refractivity contribution < 1.29 is 26.4 Å². The van der Waals surface area contributed by atoms with E-state index in [1.807, 2.05) is 4.72 Å². The average Bonchev–Trinajstić information content (AvgIpc) is 3.28. The highest BCUT2D eigenvalue weighted by atomic mass is 32.2. The van der Waals surface area contributed by atoms with Crippen LogP contribution in [0.4, 0.5) is 13.2 Å². The van der Waals surface area contributed by atoms with Crippen LogP contribution in [-0.2, 0) is 21.0 Å². The van der Waals surface area contributed by atoms with Crippen LogP contribution >= 0.6 is 0 Å². The highest BCUT2D eigenvalue weighted by molar-refractivity contribution is 7.90. The van der Waals surface area contributed by atoms with Gasteiger partial charge in [0.2, 0.25) is 5.91 Å². The molecule has 41 heavy (non-hydrogen) atoms. The summed E-state index contributed by atoms with van der Waals surface area (Å²) in [5, 5.41) is 0. The van der Waals surface area contributed by atoms with Crippen LogP contribution in [0.25, 0.3) is 0 Å². The number of fused-ring (bicyclic) bond motifs is 5. The Balaban J connectivity index is 1.23. The van der Waals surface area contributed by atoms with Gasteiger partial charge in [-0.1, -0.05) is 53.0 Å². The summed E-state index contributed by atoms with van der Waals surface area (Å²) in [6.45, 7) is 9.71. The lowest BCUT2D eigenvalue weighted by molar-refractivity contribution is -0.138. The van der Waals surface area contributed by atoms with Crippen molar-refractivity contribution in [3.05, 3.63) is 29.8 Å². The molecule has 8 heteroatoms. The lowest BCUT2D eigenvalue weighted by Gasteiger charge is -2.63. The zero-order valence-corrected chi connectivity index (χ0v) is 25.9. The number of hydrogen-bond donors (Lipinski definition) is 1. The van der Waals surface area contributed by atoms with E-state index in [1.54, 1.807) is 0 Å². The van der Waals surface area contributed by atoms with Gasteiger partial charge in [0, 0.05) is 6.42 Å². The number of nitrogens with one attached hydrogen (secondary N) is 1. The molecule has 0 saturated heterocycles. The Bertz CT molecular complexity index is 1230. The summed E-state index contributed by atoms with van der Waals surface area (Å²) in [6, 6.07) is 3.50. The number of amides is 1. The third-order valence-corrected chi connectivity index (χ3v) is 14.0. The molecule has 4 fully saturated rings. The van der Waals surface area contributed by atoms with Crippen LogP contribution in [0.5, 0.6) is 0 Å². The standard InChI is InChI=1S/C33H48F3NO3S/c1-5-22-19-25-28-14-13-26(32(28,4)18-16-29(25)31(3)17-7-6-11-27(22)31)21(2)12-15-30(38)37-41(39,40)24-10-8-9-23(20-24)33(34,35)36/h8-10,20-22,25-29H,5-7,11-19H2,1-4H3,(H,37,38)/t21-,22+,25?,26-,27+,28?,29?,31+,32-/m1/s1. The normalized spacial score (nSPS) is 37.9. The monoisotopic (exact) mass is 595 g/mol. The third kappa shape index (κ3) is 5.60. The summed E-state index contributed by atoms with van der Waals surface area (Å²) in [5.74, 6) is 4.16. The first kappa shape index (κ1) is 30.9. The lowest BCUT2D eigenvalue weighted by Crippen LogP contribution is -2.55. The number of hydrogen-bond acceptors (Lipinski definition) is 3. The van der Waals surface area contributed by atoms with E-state index >= 15 is 0 Å². The Morgan fingerprint density at radius 3 is 2.46 bits per heavy atom. The molecule has 0 aliphatic heterocycles. The molecule has 230 valence electrons. The van der Waals surface area contributed by atoms with Crippen molar-refractivity contribution in [1.29, 1.82) is 0 Å². The van der Waals surface area contributed by atoms with E-state index in [9.17, 15) is 26.4 Å². The minimum atomic E-state index is -4.66. The maximum atomic E-state index is 13.1. The van der Waals surface area contributed by atoms with Crippen molar-refractivity contribution in [3.63, 3.8) is 0 Å². The van der Waals surface area contributed by atoms with E-state index in [0.717, 1.165) is 54.2 Å². The first-order valence-corrected chi connectivity index (χ1v) is 17.4. The van der Waals surface area contributed by atoms with Crippen LogP contribution < -0.4 is 4.72 Å². The summed E-state index contributed by atoms with van der Waals surface area (Å²) >= 11 is 0. The second-order valence-electron chi connectivity index (χ2n) is 14.4. The Morgan fingerprint density at radius 1 is 1.02 bits per heavy atom. The minimum Gasteiger partial charge on any atom is -0.274 e. The summed E-state index contributed by atoms with van der Waals surface area (Å²) in [4.78, 5) is 12.2. The quantitative estimate of drug-likeness (QED) is 0.343. The van der Waals surface area contributed by atoms with E-state index in [4.69, 9.17) is 0 Å². The fourth-order valence-electron chi connectivity index (χ4n) is 10.7. The molecular weight excluding hydrogens is 547 g/mol. The molecule has 4 saturated carbocycles. The SMILES string of the molecule is CC[C@H]1CC2C3CC[C@H]([C@H](C)CCC(=O)NS(=O)(=O)c4cccc(C(F)(F)F)c4)[C@@]3(C)CCC2[C@@]2(C)CCCC[C@@H]12. The minimum absolute atomic E-state index is 0.0420. The topological polar surface area (TPSA) is 63.2 Å². The second-order valence-corrected chi connectivity index (χ2v) is 16.1. The Kier molecular flexibility index (Phi) is 8.41. The van der Waals surface area contributed by atoms with Gasteiger partial charge in [0.1, 0.15) is 0 Å². The molecule has 4 nitrogen and oxygen atoms in total. The van der Waals surface area contributed by atoms with Gasteiger partial charge in [-0.05, 0) is 122 Å². The first-order chi connectivity index (χ1) is 19.2. The van der Waals surface area contributed by atoms with Crippen LogP contribution in [0.3, 0.4) is 0 Å². The van der Waals surface area contributed by atoms with Gasteiger partial charge in [-0.2, -0.15) is 13.2 Å². The van der Waals surface area contributed by atoms with Gasteiger partial charge in [-0.15, -0.1) is 0 Å². The van der Waals surface area contributed by atoms with E-state index in [1.165, 1.54) is 57.8 Å². The number of rotatable bonds is 7. The number of carbonyl (C=O) groups is 1. The molecule has 0 aromatic heterocycles. The highest BCUT2D eigenvalue weighted by Crippen LogP contribution is 2.69. The molecule has 1 N–H and O–H groups in total. The number of benzene rings is 1. The molecule has 1 aromatic carbocycles. The predicted octanol–water partition coefficient (Wildman–Crippen LogP) is 8.61. The fraction of sp³-hybridized carbons (Fsp3) is 0.788. The van der Waals surface area contributed by atoms with Gasteiger partial charge in [-0.25, -0.2) is 13.1 Å². The maximum absolute atomic E-state index is 13.1. The molecule has 0 bridgehead atoms. The molecule has 9 atom stereocenters. The molecule has 1 amide bonds. The van der Waals surface area contributed by atoms with Gasteiger partial charge in [0.25, 0.3) is 10.0 Å². The summed E-state index contributed by atoms with van der Waals surface area (Å²) in [7, 11) is -4.38. The zero-order chi connectivity index (χ0) is 29.8. The fourth-order valence-corrected chi connectivity index (χ4v) is 11.7. The van der Waals surface area contributed by atoms with E-state index in [-0.39, 0.29) is 17.8 Å². The van der Waals surface area contributed by atoms with Gasteiger partial charge in [0.15, 0.2) is 0 Å². The van der Waals surface area contributed by atoms with Gasteiger partial charge < -0.3 is 0 Å². The van der Waals surface area contributed by atoms with Crippen LogP contribution in [0.15, 0.2) is 29.2 Å². The van der Waals surface area contributed by atoms with Crippen molar-refractivity contribution >= 4 is 15.9 Å². The van der Waals surface area contributed by atoms with Crippen molar-refractivity contribution in [1.82, 2.24) is 4.72 Å². The predicted molar refractivity (Wildman–Crippen MR) is 154 cm³/mol. The molecule has 4 aliphatic rings. The zero-order valence-electron chi connectivity index (χ0n) is 25.1. The molecule has 5 rings (SSSR count). The van der Waals surface area contributed by atoms with Crippen LogP contribution in [0.1, 0.15) is 110 Å². The number of halogens is 3. The van der Waals surface area contributed by atoms with Crippen LogP contribution in [0.2, 0.25) is 0 Å². The summed E-state index contributed by atoms with van der Waals surface area (Å²) in [6.07, 6.45) is 9.12. The van der Waals surface area contributed by atoms with Gasteiger partial charge >= 0.3 is 6.18 Å². The molecule has 4 aliphatic carbocycles. The highest BCUT2D eigenvalue weighted by Gasteiger charge is 2.61. The largest absolute Gasteiger partial charge is 0.416 e. The van der Waals surface area contributed by atoms with Gasteiger partial charge in [0.05, 0.1) is 10.5 Å². The second kappa shape index (κ2) is 11.2. The number of carbonyl (C=O) groups excluding carboxylic acids is 1. The number of alkyl halides is 3. The third-order valence-electron chi connectivity index (χ3n) is 12.6. The van der Waals surface area contributed by atoms with Crippen LogP contribution in [-0.4, -0.2) is 14.3 Å². The summed E-state index contributed by atoms with van der Waals surface area (Å²) < 4.78 is 66.5. The molecular formula is C33H48F3NO3S. The smallest absolute Gasteiger partial charge is 0.274 e. The molecule has 0 heterocycles. The molecule has 0 spiro atoms. The Morgan fingerprint density at radius 2 is 1.76 bits per heavy atom. The maximum Gasteiger partial charge on any atom is 0.416 e. The Labute approximate surface area is 244 Å². The molecule has 3 unspecified atom stereocenters. The van der Waals surface area contributed by atoms with Crippen molar-refractivity contribution in [2.45, 2.75) is 116 Å². The van der Waals surface area contributed by atoms with E-state index in [2.05, 4.69) is 27.7 Å².